The minimum absolute atomic E-state index is 0.140. The summed E-state index contributed by atoms with van der Waals surface area (Å²) in [6, 6.07) is 13.3. The van der Waals surface area contributed by atoms with E-state index in [0.717, 1.165) is 5.69 Å². The monoisotopic (exact) mass is 310 g/mol. The highest BCUT2D eigenvalue weighted by atomic mass is 35.5. The molecule has 0 aliphatic carbocycles. The molecule has 2 aromatic carbocycles. The Morgan fingerprint density at radius 3 is 2.25 bits per heavy atom. The van der Waals surface area contributed by atoms with Crippen LogP contribution in [0, 0.1) is 0 Å². The van der Waals surface area contributed by atoms with Gasteiger partial charge in [0.25, 0.3) is 10.0 Å². The lowest BCUT2D eigenvalue weighted by molar-refractivity contribution is 0.601. The molecule has 0 aliphatic heterocycles. The van der Waals surface area contributed by atoms with Crippen LogP contribution in [0.2, 0.25) is 5.02 Å². The second kappa shape index (κ2) is 5.73. The van der Waals surface area contributed by atoms with Crippen LogP contribution in [0.4, 0.5) is 11.4 Å². The molecule has 0 bridgehead atoms. The molecule has 0 radical (unpaired) electrons. The highest BCUT2D eigenvalue weighted by Gasteiger charge is 2.14. The molecule has 0 amide bonds. The van der Waals surface area contributed by atoms with Gasteiger partial charge < -0.3 is 4.90 Å². The van der Waals surface area contributed by atoms with Gasteiger partial charge in [-0.2, -0.15) is 0 Å². The van der Waals surface area contributed by atoms with Crippen LogP contribution in [-0.2, 0) is 10.0 Å². The topological polar surface area (TPSA) is 49.4 Å². The zero-order valence-corrected chi connectivity index (χ0v) is 12.7. The average molecular weight is 311 g/mol. The SMILES string of the molecule is CN(C)c1ccc(NS(=O)(=O)c2cccc(Cl)c2)cc1. The number of halogens is 1. The largest absolute Gasteiger partial charge is 0.378 e. The van der Waals surface area contributed by atoms with Crippen molar-refractivity contribution < 1.29 is 8.42 Å². The molecular weight excluding hydrogens is 296 g/mol. The lowest BCUT2D eigenvalue weighted by Gasteiger charge is -2.13. The van der Waals surface area contributed by atoms with E-state index in [4.69, 9.17) is 11.6 Å². The normalized spacial score (nSPS) is 11.2. The van der Waals surface area contributed by atoms with E-state index in [1.807, 2.05) is 31.1 Å². The summed E-state index contributed by atoms with van der Waals surface area (Å²) in [5.74, 6) is 0. The third-order valence-electron chi connectivity index (χ3n) is 2.74. The Morgan fingerprint density at radius 2 is 1.70 bits per heavy atom. The quantitative estimate of drug-likeness (QED) is 0.943. The number of hydrogen-bond acceptors (Lipinski definition) is 3. The second-order valence-electron chi connectivity index (χ2n) is 4.50. The highest BCUT2D eigenvalue weighted by molar-refractivity contribution is 7.92. The lowest BCUT2D eigenvalue weighted by atomic mass is 10.3. The first-order valence-corrected chi connectivity index (χ1v) is 7.80. The molecule has 0 unspecified atom stereocenters. The Kier molecular flexibility index (Phi) is 4.20. The summed E-state index contributed by atoms with van der Waals surface area (Å²) < 4.78 is 26.9. The van der Waals surface area contributed by atoms with Gasteiger partial charge in [0.05, 0.1) is 4.90 Å². The van der Waals surface area contributed by atoms with E-state index in [-0.39, 0.29) is 4.90 Å². The molecule has 2 rings (SSSR count). The van der Waals surface area contributed by atoms with Crippen molar-refractivity contribution in [1.29, 1.82) is 0 Å². The van der Waals surface area contributed by atoms with Gasteiger partial charge in [0.1, 0.15) is 0 Å². The summed E-state index contributed by atoms with van der Waals surface area (Å²) in [5.41, 5.74) is 1.51. The van der Waals surface area contributed by atoms with E-state index in [0.29, 0.717) is 10.7 Å². The summed E-state index contributed by atoms with van der Waals surface area (Å²) in [6.07, 6.45) is 0. The van der Waals surface area contributed by atoms with Gasteiger partial charge in [0, 0.05) is 30.5 Å². The Balaban J connectivity index is 2.24. The fourth-order valence-corrected chi connectivity index (χ4v) is 3.03. The molecule has 0 aliphatic rings. The van der Waals surface area contributed by atoms with E-state index in [2.05, 4.69) is 4.72 Å². The molecule has 0 saturated carbocycles. The molecule has 0 saturated heterocycles. The minimum Gasteiger partial charge on any atom is -0.378 e. The number of rotatable bonds is 4. The molecule has 20 heavy (non-hydrogen) atoms. The molecule has 4 nitrogen and oxygen atoms in total. The van der Waals surface area contributed by atoms with Crippen molar-refractivity contribution in [2.45, 2.75) is 4.90 Å². The number of benzene rings is 2. The Bertz CT molecular complexity index is 697. The van der Waals surface area contributed by atoms with Crippen molar-refractivity contribution in [3.63, 3.8) is 0 Å². The summed E-state index contributed by atoms with van der Waals surface area (Å²) in [7, 11) is 0.227. The van der Waals surface area contributed by atoms with Gasteiger partial charge in [-0.1, -0.05) is 17.7 Å². The molecular formula is C14H15ClN2O2S. The summed E-state index contributed by atoms with van der Waals surface area (Å²) in [5, 5.41) is 0.385. The molecule has 106 valence electrons. The molecule has 0 spiro atoms. The predicted octanol–water partition coefficient (Wildman–Crippen LogP) is 3.21. The van der Waals surface area contributed by atoms with Crippen molar-refractivity contribution in [2.75, 3.05) is 23.7 Å². The van der Waals surface area contributed by atoms with Gasteiger partial charge in [0.15, 0.2) is 0 Å². The van der Waals surface area contributed by atoms with Crippen LogP contribution in [0.25, 0.3) is 0 Å². The van der Waals surface area contributed by atoms with Gasteiger partial charge >= 0.3 is 0 Å². The first-order chi connectivity index (χ1) is 9.38. The minimum atomic E-state index is -3.62. The van der Waals surface area contributed by atoms with Crippen molar-refractivity contribution in [3.05, 3.63) is 53.6 Å². The summed E-state index contributed by atoms with van der Waals surface area (Å²) in [6.45, 7) is 0. The number of nitrogens with zero attached hydrogens (tertiary/aromatic N) is 1. The van der Waals surface area contributed by atoms with Crippen molar-refractivity contribution in [1.82, 2.24) is 0 Å². The maximum atomic E-state index is 12.2. The Morgan fingerprint density at radius 1 is 1.05 bits per heavy atom. The molecule has 0 heterocycles. The molecule has 0 atom stereocenters. The van der Waals surface area contributed by atoms with Gasteiger partial charge in [-0.3, -0.25) is 4.72 Å². The van der Waals surface area contributed by atoms with Crippen LogP contribution in [0.15, 0.2) is 53.4 Å². The van der Waals surface area contributed by atoms with Crippen LogP contribution in [0.5, 0.6) is 0 Å². The Hall–Kier alpha value is -1.72. The van der Waals surface area contributed by atoms with Crippen molar-refractivity contribution >= 4 is 33.0 Å². The zero-order valence-electron chi connectivity index (χ0n) is 11.2. The van der Waals surface area contributed by atoms with Crippen LogP contribution in [-0.4, -0.2) is 22.5 Å². The highest BCUT2D eigenvalue weighted by Crippen LogP contribution is 2.21. The van der Waals surface area contributed by atoms with Crippen LogP contribution in [0.1, 0.15) is 0 Å². The Labute approximate surface area is 124 Å². The average Bonchev–Trinajstić information content (AvgIpc) is 2.39. The first kappa shape index (κ1) is 14.7. The molecule has 0 aromatic heterocycles. The van der Waals surface area contributed by atoms with Crippen molar-refractivity contribution in [2.24, 2.45) is 0 Å². The van der Waals surface area contributed by atoms with Gasteiger partial charge in [-0.05, 0) is 42.5 Å². The van der Waals surface area contributed by atoms with E-state index in [9.17, 15) is 8.42 Å². The molecule has 0 fully saturated rings. The molecule has 1 N–H and O–H groups in total. The van der Waals surface area contributed by atoms with Crippen LogP contribution < -0.4 is 9.62 Å². The fraction of sp³-hybridized carbons (Fsp3) is 0.143. The van der Waals surface area contributed by atoms with Crippen molar-refractivity contribution in [3.8, 4) is 0 Å². The third-order valence-corrected chi connectivity index (χ3v) is 4.36. The smallest absolute Gasteiger partial charge is 0.261 e. The van der Waals surface area contributed by atoms with Gasteiger partial charge in [0.2, 0.25) is 0 Å². The maximum Gasteiger partial charge on any atom is 0.261 e. The second-order valence-corrected chi connectivity index (χ2v) is 6.62. The maximum absolute atomic E-state index is 12.2. The van der Waals surface area contributed by atoms with E-state index in [1.165, 1.54) is 12.1 Å². The number of nitrogens with one attached hydrogen (secondary N) is 1. The number of anilines is 2. The van der Waals surface area contributed by atoms with Gasteiger partial charge in [-0.25, -0.2) is 8.42 Å². The first-order valence-electron chi connectivity index (χ1n) is 5.94. The third kappa shape index (κ3) is 3.43. The van der Waals surface area contributed by atoms with E-state index in [1.54, 1.807) is 24.3 Å². The molecule has 6 heteroatoms. The fourth-order valence-electron chi connectivity index (χ4n) is 1.68. The summed E-state index contributed by atoms with van der Waals surface area (Å²) in [4.78, 5) is 2.08. The lowest BCUT2D eigenvalue weighted by Crippen LogP contribution is -2.13. The van der Waals surface area contributed by atoms with E-state index < -0.39 is 10.0 Å². The van der Waals surface area contributed by atoms with E-state index >= 15 is 0 Å². The number of hydrogen-bond donors (Lipinski definition) is 1. The number of sulfonamides is 1. The van der Waals surface area contributed by atoms with Gasteiger partial charge in [-0.15, -0.1) is 0 Å². The van der Waals surface area contributed by atoms with Crippen LogP contribution in [0.3, 0.4) is 0 Å². The zero-order chi connectivity index (χ0) is 14.8. The standard InChI is InChI=1S/C14H15ClN2O2S/c1-17(2)13-8-6-12(7-9-13)16-20(18,19)14-5-3-4-11(15)10-14/h3-10,16H,1-2H3. The molecule has 2 aromatic rings. The van der Waals surface area contributed by atoms with Crippen LogP contribution >= 0.6 is 11.6 Å². The predicted molar refractivity (Wildman–Crippen MR) is 83.0 cm³/mol. The summed E-state index contributed by atoms with van der Waals surface area (Å²) >= 11 is 5.81.